The van der Waals surface area contributed by atoms with E-state index in [1.807, 2.05) is 6.92 Å². The normalized spacial score (nSPS) is 20.7. The molecule has 17 heavy (non-hydrogen) atoms. The molecule has 5 nitrogen and oxygen atoms in total. The SMILES string of the molecule is CN(CCCN)S(=O)(=O)NC1(C)CCCCC1. The summed E-state index contributed by atoms with van der Waals surface area (Å²) in [6.45, 7) is 2.99. The molecule has 0 saturated heterocycles. The molecular weight excluding hydrogens is 238 g/mol. The summed E-state index contributed by atoms with van der Waals surface area (Å²) < 4.78 is 28.4. The minimum absolute atomic E-state index is 0.270. The van der Waals surface area contributed by atoms with Crippen LogP contribution in [0.4, 0.5) is 0 Å². The zero-order valence-corrected chi connectivity index (χ0v) is 11.7. The minimum Gasteiger partial charge on any atom is -0.330 e. The number of nitrogens with two attached hydrogens (primary N) is 1. The Morgan fingerprint density at radius 1 is 1.29 bits per heavy atom. The highest BCUT2D eigenvalue weighted by molar-refractivity contribution is 7.87. The molecule has 1 saturated carbocycles. The molecular formula is C11H25N3O2S. The Morgan fingerprint density at radius 2 is 1.88 bits per heavy atom. The van der Waals surface area contributed by atoms with Crippen LogP contribution in [0.25, 0.3) is 0 Å². The van der Waals surface area contributed by atoms with Gasteiger partial charge in [-0.05, 0) is 32.7 Å². The van der Waals surface area contributed by atoms with E-state index in [0.29, 0.717) is 19.5 Å². The van der Waals surface area contributed by atoms with Gasteiger partial charge in [0.1, 0.15) is 0 Å². The maximum atomic E-state index is 12.1. The monoisotopic (exact) mass is 263 g/mol. The van der Waals surface area contributed by atoms with E-state index in [-0.39, 0.29) is 5.54 Å². The Labute approximate surface area is 105 Å². The molecule has 3 N–H and O–H groups in total. The first-order valence-electron chi connectivity index (χ1n) is 6.35. The molecule has 102 valence electrons. The Bertz CT molecular complexity index is 324. The van der Waals surface area contributed by atoms with Gasteiger partial charge in [-0.25, -0.2) is 0 Å². The molecule has 1 fully saturated rings. The molecule has 0 aliphatic heterocycles. The van der Waals surface area contributed by atoms with E-state index in [1.54, 1.807) is 7.05 Å². The number of hydrogen-bond acceptors (Lipinski definition) is 3. The molecule has 0 atom stereocenters. The fourth-order valence-corrected chi connectivity index (χ4v) is 3.61. The predicted octanol–water partition coefficient (Wildman–Crippen LogP) is 0.824. The topological polar surface area (TPSA) is 75.4 Å². The van der Waals surface area contributed by atoms with Crippen molar-refractivity contribution >= 4 is 10.2 Å². The maximum Gasteiger partial charge on any atom is 0.279 e. The summed E-state index contributed by atoms with van der Waals surface area (Å²) in [7, 11) is -1.76. The standard InChI is InChI=1S/C11H25N3O2S/c1-11(7-4-3-5-8-11)13-17(15,16)14(2)10-6-9-12/h13H,3-10,12H2,1-2H3. The molecule has 0 unspecified atom stereocenters. The lowest BCUT2D eigenvalue weighted by Crippen LogP contribution is -2.52. The van der Waals surface area contributed by atoms with Crippen LogP contribution < -0.4 is 10.5 Å². The summed E-state index contributed by atoms with van der Waals surface area (Å²) in [4.78, 5) is 0. The van der Waals surface area contributed by atoms with Gasteiger partial charge in [0.15, 0.2) is 0 Å². The zero-order valence-electron chi connectivity index (χ0n) is 10.9. The Balaban J connectivity index is 2.58. The van der Waals surface area contributed by atoms with Crippen molar-refractivity contribution in [1.82, 2.24) is 9.03 Å². The molecule has 0 spiro atoms. The molecule has 0 aromatic carbocycles. The van der Waals surface area contributed by atoms with E-state index in [2.05, 4.69) is 4.72 Å². The minimum atomic E-state index is -3.36. The smallest absolute Gasteiger partial charge is 0.279 e. The molecule has 6 heteroatoms. The predicted molar refractivity (Wildman–Crippen MR) is 69.8 cm³/mol. The number of nitrogens with zero attached hydrogens (tertiary/aromatic N) is 1. The third-order valence-electron chi connectivity index (χ3n) is 3.42. The lowest BCUT2D eigenvalue weighted by atomic mass is 9.84. The van der Waals surface area contributed by atoms with Gasteiger partial charge in [0.25, 0.3) is 10.2 Å². The van der Waals surface area contributed by atoms with Gasteiger partial charge in [-0.15, -0.1) is 0 Å². The molecule has 1 aliphatic rings. The van der Waals surface area contributed by atoms with E-state index < -0.39 is 10.2 Å². The Kier molecular flexibility index (Phi) is 5.37. The lowest BCUT2D eigenvalue weighted by molar-refractivity contribution is 0.286. The summed E-state index contributed by atoms with van der Waals surface area (Å²) in [5.41, 5.74) is 5.12. The summed E-state index contributed by atoms with van der Waals surface area (Å²) >= 11 is 0. The van der Waals surface area contributed by atoms with Gasteiger partial charge in [0, 0.05) is 19.1 Å². The van der Waals surface area contributed by atoms with Crippen LogP contribution in [0.15, 0.2) is 0 Å². The molecule has 1 rings (SSSR count). The molecule has 0 heterocycles. The lowest BCUT2D eigenvalue weighted by Gasteiger charge is -2.35. The van der Waals surface area contributed by atoms with Crippen LogP contribution in [0.1, 0.15) is 45.4 Å². The van der Waals surface area contributed by atoms with Crippen molar-refractivity contribution in [2.24, 2.45) is 5.73 Å². The third-order valence-corrected chi connectivity index (χ3v) is 5.17. The highest BCUT2D eigenvalue weighted by Crippen LogP contribution is 2.28. The molecule has 0 radical (unpaired) electrons. The van der Waals surface area contributed by atoms with Crippen molar-refractivity contribution in [1.29, 1.82) is 0 Å². The van der Waals surface area contributed by atoms with E-state index in [4.69, 9.17) is 5.73 Å². The first kappa shape index (κ1) is 14.9. The summed E-state index contributed by atoms with van der Waals surface area (Å²) in [5, 5.41) is 0. The van der Waals surface area contributed by atoms with E-state index in [1.165, 1.54) is 10.7 Å². The van der Waals surface area contributed by atoms with Gasteiger partial charge in [-0.2, -0.15) is 17.4 Å². The fourth-order valence-electron chi connectivity index (χ4n) is 2.26. The average Bonchev–Trinajstić information content (AvgIpc) is 2.25. The van der Waals surface area contributed by atoms with Crippen LogP contribution in [0.2, 0.25) is 0 Å². The molecule has 0 aromatic rings. The first-order valence-corrected chi connectivity index (χ1v) is 7.79. The quantitative estimate of drug-likeness (QED) is 0.745. The Morgan fingerprint density at radius 3 is 2.41 bits per heavy atom. The fraction of sp³-hybridized carbons (Fsp3) is 1.00. The number of rotatable bonds is 6. The number of nitrogens with one attached hydrogen (secondary N) is 1. The van der Waals surface area contributed by atoms with Crippen LogP contribution in [-0.4, -0.2) is 38.4 Å². The van der Waals surface area contributed by atoms with Gasteiger partial charge in [0.05, 0.1) is 0 Å². The van der Waals surface area contributed by atoms with Gasteiger partial charge < -0.3 is 5.73 Å². The molecule has 0 bridgehead atoms. The van der Waals surface area contributed by atoms with E-state index >= 15 is 0 Å². The maximum absolute atomic E-state index is 12.1. The van der Waals surface area contributed by atoms with Crippen molar-refractivity contribution in [3.8, 4) is 0 Å². The third kappa shape index (κ3) is 4.54. The van der Waals surface area contributed by atoms with Crippen molar-refractivity contribution in [3.05, 3.63) is 0 Å². The summed E-state index contributed by atoms with van der Waals surface area (Å²) in [6, 6.07) is 0. The second-order valence-corrected chi connectivity index (χ2v) is 6.97. The average molecular weight is 263 g/mol. The van der Waals surface area contributed by atoms with Crippen LogP contribution in [0.5, 0.6) is 0 Å². The molecule has 0 amide bonds. The van der Waals surface area contributed by atoms with Crippen LogP contribution >= 0.6 is 0 Å². The summed E-state index contributed by atoms with van der Waals surface area (Å²) in [6.07, 6.45) is 5.96. The van der Waals surface area contributed by atoms with Crippen molar-refractivity contribution in [2.45, 2.75) is 51.0 Å². The van der Waals surface area contributed by atoms with Crippen molar-refractivity contribution < 1.29 is 8.42 Å². The molecule has 1 aliphatic carbocycles. The second kappa shape index (κ2) is 6.13. The van der Waals surface area contributed by atoms with Crippen molar-refractivity contribution in [2.75, 3.05) is 20.1 Å². The highest BCUT2D eigenvalue weighted by atomic mass is 32.2. The van der Waals surface area contributed by atoms with Gasteiger partial charge in [-0.1, -0.05) is 19.3 Å². The van der Waals surface area contributed by atoms with E-state index in [9.17, 15) is 8.42 Å². The van der Waals surface area contributed by atoms with Crippen molar-refractivity contribution in [3.63, 3.8) is 0 Å². The first-order chi connectivity index (χ1) is 7.90. The van der Waals surface area contributed by atoms with Crippen LogP contribution in [0, 0.1) is 0 Å². The molecule has 0 aromatic heterocycles. The summed E-state index contributed by atoms with van der Waals surface area (Å²) in [5.74, 6) is 0. The second-order valence-electron chi connectivity index (χ2n) is 5.19. The van der Waals surface area contributed by atoms with Gasteiger partial charge >= 0.3 is 0 Å². The van der Waals surface area contributed by atoms with Gasteiger partial charge in [0.2, 0.25) is 0 Å². The Hall–Kier alpha value is -0.170. The van der Waals surface area contributed by atoms with Crippen LogP contribution in [0.3, 0.4) is 0 Å². The van der Waals surface area contributed by atoms with Gasteiger partial charge in [-0.3, -0.25) is 0 Å². The number of hydrogen-bond donors (Lipinski definition) is 2. The van der Waals surface area contributed by atoms with E-state index in [0.717, 1.165) is 25.7 Å². The van der Waals surface area contributed by atoms with Crippen LogP contribution in [-0.2, 0) is 10.2 Å². The highest BCUT2D eigenvalue weighted by Gasteiger charge is 2.32. The zero-order chi connectivity index (χ0) is 12.9. The largest absolute Gasteiger partial charge is 0.330 e.